The van der Waals surface area contributed by atoms with Gasteiger partial charge in [0.05, 0.1) is 17.8 Å². The number of ether oxygens (including phenoxy) is 1. The minimum Gasteiger partial charge on any atom is -0.485 e. The molecule has 4 nitrogen and oxygen atoms in total. The summed E-state index contributed by atoms with van der Waals surface area (Å²) in [6.07, 6.45) is 3.54. The van der Waals surface area contributed by atoms with Gasteiger partial charge < -0.3 is 4.74 Å². The largest absolute Gasteiger partial charge is 0.485 e. The predicted octanol–water partition coefficient (Wildman–Crippen LogP) is 5.17. The van der Waals surface area contributed by atoms with Crippen molar-refractivity contribution in [1.29, 1.82) is 5.26 Å². The van der Waals surface area contributed by atoms with Crippen molar-refractivity contribution < 1.29 is 4.74 Å². The van der Waals surface area contributed by atoms with Crippen LogP contribution < -0.4 is 4.74 Å². The maximum Gasteiger partial charge on any atom is 0.140 e. The molecule has 0 aliphatic rings. The Bertz CT molecular complexity index is 873. The summed E-state index contributed by atoms with van der Waals surface area (Å²) in [7, 11) is 0. The van der Waals surface area contributed by atoms with Crippen LogP contribution >= 0.6 is 11.3 Å². The van der Waals surface area contributed by atoms with Crippen LogP contribution in [0.1, 0.15) is 48.5 Å². The highest BCUT2D eigenvalue weighted by atomic mass is 32.1. The lowest BCUT2D eigenvalue weighted by Crippen LogP contribution is -2.20. The summed E-state index contributed by atoms with van der Waals surface area (Å²) >= 11 is 1.57. The van der Waals surface area contributed by atoms with Crippen molar-refractivity contribution in [2.75, 3.05) is 0 Å². The Morgan fingerprint density at radius 3 is 2.42 bits per heavy atom. The van der Waals surface area contributed by atoms with Gasteiger partial charge in [0.2, 0.25) is 0 Å². The number of hydrogen-bond acceptors (Lipinski definition) is 5. The molecule has 0 aliphatic carbocycles. The number of pyridine rings is 1. The van der Waals surface area contributed by atoms with Crippen molar-refractivity contribution in [1.82, 2.24) is 9.97 Å². The smallest absolute Gasteiger partial charge is 0.140 e. The Kier molecular flexibility index (Phi) is 5.34. The van der Waals surface area contributed by atoms with Crippen molar-refractivity contribution in [2.45, 2.75) is 33.3 Å². The third-order valence-electron chi connectivity index (χ3n) is 4.14. The molecule has 3 rings (SSSR count). The Balaban J connectivity index is 1.81. The van der Waals surface area contributed by atoms with E-state index in [1.54, 1.807) is 23.7 Å². The highest BCUT2D eigenvalue weighted by Crippen LogP contribution is 2.40. The van der Waals surface area contributed by atoms with Gasteiger partial charge in [-0.15, -0.1) is 11.3 Å². The second kappa shape index (κ2) is 7.67. The Morgan fingerprint density at radius 2 is 1.88 bits per heavy atom. The van der Waals surface area contributed by atoms with E-state index >= 15 is 0 Å². The van der Waals surface area contributed by atoms with E-state index in [1.165, 1.54) is 0 Å². The Morgan fingerprint density at radius 1 is 1.12 bits per heavy atom. The average Bonchev–Trinajstić information content (AvgIpc) is 3.14. The quantitative estimate of drug-likeness (QED) is 0.628. The van der Waals surface area contributed by atoms with Crippen LogP contribution in [0.15, 0.2) is 54.2 Å². The van der Waals surface area contributed by atoms with Crippen LogP contribution in [-0.2, 0) is 6.61 Å². The second-order valence-corrected chi connectivity index (χ2v) is 8.15. The third-order valence-corrected chi connectivity index (χ3v) is 4.89. The van der Waals surface area contributed by atoms with Crippen LogP contribution in [0.25, 0.3) is 0 Å². The number of aromatic nitrogens is 2. The summed E-state index contributed by atoms with van der Waals surface area (Å²) in [6.45, 7) is 7.05. The van der Waals surface area contributed by atoms with Gasteiger partial charge in [-0.1, -0.05) is 32.9 Å². The molecule has 132 valence electrons. The third kappa shape index (κ3) is 4.27. The van der Waals surface area contributed by atoms with E-state index in [2.05, 4.69) is 36.8 Å². The maximum atomic E-state index is 9.01. The van der Waals surface area contributed by atoms with E-state index in [0.717, 1.165) is 22.0 Å². The van der Waals surface area contributed by atoms with Gasteiger partial charge in [-0.05, 0) is 35.2 Å². The van der Waals surface area contributed by atoms with Crippen LogP contribution in [0.5, 0.6) is 5.75 Å². The molecule has 0 fully saturated rings. The van der Waals surface area contributed by atoms with E-state index in [-0.39, 0.29) is 11.3 Å². The van der Waals surface area contributed by atoms with E-state index in [4.69, 9.17) is 10.00 Å². The molecule has 2 heterocycles. The highest BCUT2D eigenvalue weighted by Gasteiger charge is 2.29. The molecule has 0 saturated carbocycles. The molecular formula is C21H21N3OS. The van der Waals surface area contributed by atoms with Crippen LogP contribution in [0.4, 0.5) is 0 Å². The number of nitriles is 1. The molecule has 0 spiro atoms. The number of thiazole rings is 1. The fraction of sp³-hybridized carbons (Fsp3) is 0.286. The normalized spacial score (nSPS) is 12.4. The monoisotopic (exact) mass is 363 g/mol. The lowest BCUT2D eigenvalue weighted by molar-refractivity contribution is 0.303. The molecule has 1 atom stereocenters. The minimum absolute atomic E-state index is 0.00950. The molecular weight excluding hydrogens is 342 g/mol. The van der Waals surface area contributed by atoms with E-state index in [1.807, 2.05) is 41.8 Å². The van der Waals surface area contributed by atoms with Crippen LogP contribution in [-0.4, -0.2) is 9.97 Å². The summed E-state index contributed by atoms with van der Waals surface area (Å²) < 4.78 is 5.76. The van der Waals surface area contributed by atoms with Gasteiger partial charge in [0.25, 0.3) is 0 Å². The van der Waals surface area contributed by atoms with Gasteiger partial charge >= 0.3 is 0 Å². The number of benzene rings is 1. The molecule has 3 aromatic rings. The molecule has 1 unspecified atom stereocenters. The maximum absolute atomic E-state index is 9.01. The fourth-order valence-corrected chi connectivity index (χ4v) is 3.51. The molecule has 0 N–H and O–H groups in total. The summed E-state index contributed by atoms with van der Waals surface area (Å²) in [5.41, 5.74) is 2.80. The summed E-state index contributed by atoms with van der Waals surface area (Å²) in [5, 5.41) is 11.9. The zero-order chi connectivity index (χ0) is 18.6. The molecule has 0 amide bonds. The zero-order valence-electron chi connectivity index (χ0n) is 15.1. The molecule has 0 aliphatic heterocycles. The molecule has 0 saturated heterocycles. The van der Waals surface area contributed by atoms with E-state index in [0.29, 0.717) is 12.2 Å². The standard InChI is InChI=1S/C21H21N3OS/c1-21(2,3)20(16-6-4-15(12-22)5-7-16)18-9-8-17(13-24-18)25-14-19-23-10-11-26-19/h4-11,13,20H,14H2,1-3H3. The summed E-state index contributed by atoms with van der Waals surface area (Å²) in [6, 6.07) is 13.9. The lowest BCUT2D eigenvalue weighted by atomic mass is 9.74. The molecule has 2 aromatic heterocycles. The van der Waals surface area contributed by atoms with Crippen LogP contribution in [0, 0.1) is 16.7 Å². The highest BCUT2D eigenvalue weighted by molar-refractivity contribution is 7.09. The topological polar surface area (TPSA) is 58.8 Å². The van der Waals surface area contributed by atoms with Crippen molar-refractivity contribution in [2.24, 2.45) is 5.41 Å². The fourth-order valence-electron chi connectivity index (χ4n) is 2.98. The molecule has 1 aromatic carbocycles. The van der Waals surface area contributed by atoms with Gasteiger partial charge in [0.1, 0.15) is 17.4 Å². The van der Waals surface area contributed by atoms with E-state index in [9.17, 15) is 0 Å². The Hall–Kier alpha value is -2.71. The van der Waals surface area contributed by atoms with Gasteiger partial charge in [-0.25, -0.2) is 4.98 Å². The van der Waals surface area contributed by atoms with Crippen molar-refractivity contribution >= 4 is 11.3 Å². The van der Waals surface area contributed by atoms with Gasteiger partial charge in [0.15, 0.2) is 0 Å². The minimum atomic E-state index is -0.00950. The average molecular weight is 363 g/mol. The molecule has 0 bridgehead atoms. The lowest BCUT2D eigenvalue weighted by Gasteiger charge is -2.31. The number of rotatable bonds is 5. The Labute approximate surface area is 158 Å². The second-order valence-electron chi connectivity index (χ2n) is 7.17. The summed E-state index contributed by atoms with van der Waals surface area (Å²) in [4.78, 5) is 8.87. The number of nitrogens with zero attached hydrogens (tertiary/aromatic N) is 3. The van der Waals surface area contributed by atoms with Crippen LogP contribution in [0.2, 0.25) is 0 Å². The predicted molar refractivity (Wildman–Crippen MR) is 103 cm³/mol. The first-order valence-electron chi connectivity index (χ1n) is 8.44. The van der Waals surface area contributed by atoms with Crippen molar-refractivity contribution in [3.05, 3.63) is 76.0 Å². The first-order valence-corrected chi connectivity index (χ1v) is 9.32. The van der Waals surface area contributed by atoms with E-state index < -0.39 is 0 Å². The van der Waals surface area contributed by atoms with Gasteiger partial charge in [-0.2, -0.15) is 5.26 Å². The molecule has 0 radical (unpaired) electrons. The van der Waals surface area contributed by atoms with Crippen molar-refractivity contribution in [3.8, 4) is 11.8 Å². The van der Waals surface area contributed by atoms with Crippen molar-refractivity contribution in [3.63, 3.8) is 0 Å². The zero-order valence-corrected chi connectivity index (χ0v) is 16.0. The number of hydrogen-bond donors (Lipinski definition) is 0. The molecule has 5 heteroatoms. The van der Waals surface area contributed by atoms with Gasteiger partial charge in [-0.3, -0.25) is 4.98 Å². The first-order chi connectivity index (χ1) is 12.5. The molecule has 26 heavy (non-hydrogen) atoms. The van der Waals surface area contributed by atoms with Crippen LogP contribution in [0.3, 0.4) is 0 Å². The summed E-state index contributed by atoms with van der Waals surface area (Å²) in [5.74, 6) is 0.861. The SMILES string of the molecule is CC(C)(C)C(c1ccc(C#N)cc1)c1ccc(OCc2nccs2)cn1. The van der Waals surface area contributed by atoms with Gasteiger partial charge in [0, 0.05) is 23.2 Å². The first kappa shape index (κ1) is 18.1.